The maximum atomic E-state index is 12.9. The summed E-state index contributed by atoms with van der Waals surface area (Å²) in [6.45, 7) is 10.1. The predicted octanol–water partition coefficient (Wildman–Crippen LogP) is 5.65. The number of nitrogens with zero attached hydrogens (tertiary/aromatic N) is 3. The Hall–Kier alpha value is -4.14. The number of carbonyl (C=O) groups is 3. The average molecular weight is 548 g/mol. The molecule has 1 amide bonds. The molecule has 4 rings (SSSR count). The van der Waals surface area contributed by atoms with Crippen LogP contribution in [0.15, 0.2) is 48.5 Å². The zero-order valence-electron chi connectivity index (χ0n) is 23.8. The summed E-state index contributed by atoms with van der Waals surface area (Å²) in [4.78, 5) is 44.0. The maximum absolute atomic E-state index is 12.9. The molecule has 9 nitrogen and oxygen atoms in total. The second-order valence-electron chi connectivity index (χ2n) is 10.8. The number of carbonyl (C=O) groups excluding carboxylic acids is 2. The van der Waals surface area contributed by atoms with E-state index in [4.69, 9.17) is 14.5 Å². The highest BCUT2D eigenvalue weighted by Crippen LogP contribution is 2.33. The van der Waals surface area contributed by atoms with Gasteiger partial charge in [-0.2, -0.15) is 0 Å². The maximum Gasteiger partial charge on any atom is 0.410 e. The fraction of sp³-hybridized carbons (Fsp3) is 0.419. The number of aromatic nitrogens is 2. The topological polar surface area (TPSA) is 111 Å². The number of rotatable bonds is 8. The molecule has 3 aromatic rings. The molecule has 212 valence electrons. The van der Waals surface area contributed by atoms with Gasteiger partial charge >= 0.3 is 18.0 Å². The molecule has 1 aromatic heterocycles. The number of benzene rings is 2. The summed E-state index contributed by atoms with van der Waals surface area (Å²) in [5.41, 5.74) is 3.68. The number of imidazole rings is 1. The van der Waals surface area contributed by atoms with E-state index in [2.05, 4.69) is 6.92 Å². The molecule has 1 aliphatic rings. The van der Waals surface area contributed by atoms with Crippen LogP contribution >= 0.6 is 0 Å². The van der Waals surface area contributed by atoms with Crippen molar-refractivity contribution >= 4 is 18.0 Å². The Kier molecular flexibility index (Phi) is 8.61. The van der Waals surface area contributed by atoms with Crippen molar-refractivity contribution in [3.63, 3.8) is 0 Å². The zero-order valence-corrected chi connectivity index (χ0v) is 23.8. The highest BCUT2D eigenvalue weighted by atomic mass is 16.6. The summed E-state index contributed by atoms with van der Waals surface area (Å²) in [5, 5.41) is 10.2. The van der Waals surface area contributed by atoms with Crippen LogP contribution in [0.5, 0.6) is 0 Å². The largest absolute Gasteiger partial charge is 0.479 e. The second kappa shape index (κ2) is 11.9. The first-order valence-electron chi connectivity index (χ1n) is 13.7. The summed E-state index contributed by atoms with van der Waals surface area (Å²) in [6.07, 6.45) is 1.34. The minimum Gasteiger partial charge on any atom is -0.479 e. The van der Waals surface area contributed by atoms with Crippen molar-refractivity contribution in [1.29, 1.82) is 0 Å². The van der Waals surface area contributed by atoms with Gasteiger partial charge in [0.1, 0.15) is 11.4 Å². The molecule has 1 N–H and O–H groups in total. The normalized spacial score (nSPS) is 14.9. The predicted molar refractivity (Wildman–Crippen MR) is 150 cm³/mol. The minimum atomic E-state index is -1.18. The van der Waals surface area contributed by atoms with Crippen molar-refractivity contribution < 1.29 is 29.0 Å². The quantitative estimate of drug-likeness (QED) is 0.363. The van der Waals surface area contributed by atoms with E-state index in [-0.39, 0.29) is 19.1 Å². The third-order valence-corrected chi connectivity index (χ3v) is 6.68. The van der Waals surface area contributed by atoms with E-state index in [1.165, 1.54) is 4.90 Å². The molecule has 0 radical (unpaired) electrons. The van der Waals surface area contributed by atoms with Crippen LogP contribution in [0, 0.1) is 0 Å². The van der Waals surface area contributed by atoms with Crippen LogP contribution in [0.4, 0.5) is 4.79 Å². The molecule has 40 heavy (non-hydrogen) atoms. The smallest absolute Gasteiger partial charge is 0.410 e. The molecule has 0 bridgehead atoms. The van der Waals surface area contributed by atoms with E-state index < -0.39 is 23.7 Å². The van der Waals surface area contributed by atoms with Gasteiger partial charge in [-0.15, -0.1) is 0 Å². The molecule has 0 saturated carbocycles. The number of ether oxygens (including phenoxy) is 2. The standard InChI is InChI=1S/C31H37N3O6/c1-6-10-25-32-24-17-18-33(30(38)39-7-2)27(28(35)36)26(24)34(25)19-20-13-15-21(16-14-20)22-11-8-9-12-23(22)29(37)40-31(3,4)5/h8-9,11-16,27H,6-7,10,17-19H2,1-5H3,(H,35,36). The number of aryl methyl sites for hydroxylation is 1. The number of hydrogen-bond donors (Lipinski definition) is 1. The van der Waals surface area contributed by atoms with E-state index in [1.807, 2.05) is 67.8 Å². The van der Waals surface area contributed by atoms with E-state index in [1.54, 1.807) is 13.0 Å². The number of amides is 1. The lowest BCUT2D eigenvalue weighted by Gasteiger charge is -2.32. The van der Waals surface area contributed by atoms with Crippen LogP contribution in [-0.4, -0.2) is 56.3 Å². The molecule has 0 fully saturated rings. The van der Waals surface area contributed by atoms with Gasteiger partial charge in [0.15, 0.2) is 6.04 Å². The Morgan fingerprint density at radius 1 is 1.05 bits per heavy atom. The summed E-state index contributed by atoms with van der Waals surface area (Å²) in [7, 11) is 0. The Balaban J connectivity index is 1.68. The van der Waals surface area contributed by atoms with Crippen LogP contribution in [0.3, 0.4) is 0 Å². The number of carboxylic acids is 1. The molecule has 2 heterocycles. The molecule has 1 atom stereocenters. The third kappa shape index (κ3) is 6.19. The van der Waals surface area contributed by atoms with E-state index >= 15 is 0 Å². The minimum absolute atomic E-state index is 0.165. The number of fused-ring (bicyclic) bond motifs is 1. The summed E-state index contributed by atoms with van der Waals surface area (Å²) < 4.78 is 12.7. The lowest BCUT2D eigenvalue weighted by molar-refractivity contribution is -0.143. The van der Waals surface area contributed by atoms with Gasteiger partial charge in [0.2, 0.25) is 0 Å². The third-order valence-electron chi connectivity index (χ3n) is 6.68. The van der Waals surface area contributed by atoms with Gasteiger partial charge < -0.3 is 19.1 Å². The van der Waals surface area contributed by atoms with E-state index in [9.17, 15) is 19.5 Å². The Morgan fingerprint density at radius 2 is 1.75 bits per heavy atom. The first-order valence-corrected chi connectivity index (χ1v) is 13.7. The lowest BCUT2D eigenvalue weighted by atomic mass is 9.98. The molecular formula is C31H37N3O6. The lowest BCUT2D eigenvalue weighted by Crippen LogP contribution is -2.44. The first-order chi connectivity index (χ1) is 19.0. The van der Waals surface area contributed by atoms with Crippen LogP contribution in [0.25, 0.3) is 11.1 Å². The monoisotopic (exact) mass is 547 g/mol. The number of hydrogen-bond acceptors (Lipinski definition) is 6. The Bertz CT molecular complexity index is 1390. The molecule has 0 saturated heterocycles. The van der Waals surface area contributed by atoms with Gasteiger partial charge in [-0.3, -0.25) is 4.90 Å². The van der Waals surface area contributed by atoms with Gasteiger partial charge in [-0.05, 0) is 56.9 Å². The molecule has 0 spiro atoms. The molecular weight excluding hydrogens is 510 g/mol. The Labute approximate surface area is 234 Å². The Morgan fingerprint density at radius 3 is 2.38 bits per heavy atom. The summed E-state index contributed by atoms with van der Waals surface area (Å²) >= 11 is 0. The van der Waals surface area contributed by atoms with Crippen molar-refractivity contribution in [3.05, 3.63) is 76.9 Å². The van der Waals surface area contributed by atoms with Crippen LogP contribution in [0.1, 0.15) is 80.2 Å². The zero-order chi connectivity index (χ0) is 29.0. The highest BCUT2D eigenvalue weighted by molar-refractivity contribution is 5.97. The molecule has 1 unspecified atom stereocenters. The molecule has 9 heteroatoms. The van der Waals surface area contributed by atoms with Crippen molar-refractivity contribution in [2.24, 2.45) is 0 Å². The number of esters is 1. The summed E-state index contributed by atoms with van der Waals surface area (Å²) in [5.74, 6) is -0.705. The van der Waals surface area contributed by atoms with Crippen molar-refractivity contribution in [2.45, 2.75) is 72.1 Å². The van der Waals surface area contributed by atoms with Gasteiger partial charge in [0, 0.05) is 25.9 Å². The van der Waals surface area contributed by atoms with E-state index in [0.29, 0.717) is 36.3 Å². The number of carboxylic acid groups (broad SMARTS) is 1. The van der Waals surface area contributed by atoms with Crippen LogP contribution in [0.2, 0.25) is 0 Å². The van der Waals surface area contributed by atoms with Crippen molar-refractivity contribution in [2.75, 3.05) is 13.2 Å². The number of aliphatic carboxylic acids is 1. The van der Waals surface area contributed by atoms with E-state index in [0.717, 1.165) is 28.9 Å². The fourth-order valence-corrected chi connectivity index (χ4v) is 5.02. The van der Waals surface area contributed by atoms with Gasteiger partial charge in [-0.1, -0.05) is 49.4 Å². The van der Waals surface area contributed by atoms with Crippen molar-refractivity contribution in [1.82, 2.24) is 14.5 Å². The molecule has 2 aromatic carbocycles. The van der Waals surface area contributed by atoms with Crippen LogP contribution < -0.4 is 0 Å². The van der Waals surface area contributed by atoms with Gasteiger partial charge in [0.05, 0.1) is 23.6 Å². The average Bonchev–Trinajstić information content (AvgIpc) is 3.24. The van der Waals surface area contributed by atoms with Crippen LogP contribution in [-0.2, 0) is 33.7 Å². The van der Waals surface area contributed by atoms with Gasteiger partial charge in [0.25, 0.3) is 0 Å². The fourth-order valence-electron chi connectivity index (χ4n) is 5.02. The molecule has 0 aliphatic carbocycles. The van der Waals surface area contributed by atoms with Gasteiger partial charge in [-0.25, -0.2) is 19.4 Å². The highest BCUT2D eigenvalue weighted by Gasteiger charge is 2.41. The summed E-state index contributed by atoms with van der Waals surface area (Å²) in [6, 6.07) is 14.0. The van der Waals surface area contributed by atoms with Crippen molar-refractivity contribution in [3.8, 4) is 11.1 Å². The SMILES string of the molecule is CCCc1nc2c(n1Cc1ccc(-c3ccccc3C(=O)OC(C)(C)C)cc1)C(C(=O)O)N(C(=O)OCC)CC2. The second-order valence-corrected chi connectivity index (χ2v) is 10.8. The first kappa shape index (κ1) is 28.9. The molecule has 1 aliphatic heterocycles.